The van der Waals surface area contributed by atoms with E-state index >= 15 is 0 Å². The number of rotatable bonds is 6. The van der Waals surface area contributed by atoms with Gasteiger partial charge in [0.2, 0.25) is 0 Å². The second kappa shape index (κ2) is 8.32. The molecule has 2 aromatic carbocycles. The Labute approximate surface area is 173 Å². The maximum Gasteiger partial charge on any atom is 0.255 e. The summed E-state index contributed by atoms with van der Waals surface area (Å²) in [6, 6.07) is 18.4. The largest absolute Gasteiger partial charge is 0.397 e. The summed E-state index contributed by atoms with van der Waals surface area (Å²) >= 11 is 1.53. The number of carbonyl (C=O) groups is 2. The summed E-state index contributed by atoms with van der Waals surface area (Å²) in [5.74, 6) is -0.292. The third-order valence-electron chi connectivity index (χ3n) is 4.64. The molecule has 0 aliphatic heterocycles. The van der Waals surface area contributed by atoms with Crippen LogP contribution < -0.4 is 16.4 Å². The molecule has 4 N–H and O–H groups in total. The zero-order valence-corrected chi connectivity index (χ0v) is 16.5. The number of hydrogen-bond donors (Lipinski definition) is 3. The summed E-state index contributed by atoms with van der Waals surface area (Å²) in [6.07, 6.45) is 3.94. The van der Waals surface area contributed by atoms with Crippen molar-refractivity contribution >= 4 is 46.2 Å². The molecule has 3 aromatic rings. The second-order valence-electron chi connectivity index (χ2n) is 6.95. The highest BCUT2D eigenvalue weighted by Crippen LogP contribution is 2.26. The van der Waals surface area contributed by atoms with Gasteiger partial charge in [-0.05, 0) is 60.2 Å². The minimum atomic E-state index is -0.233. The van der Waals surface area contributed by atoms with Crippen molar-refractivity contribution in [2.24, 2.45) is 0 Å². The zero-order chi connectivity index (χ0) is 20.2. The lowest BCUT2D eigenvalue weighted by molar-refractivity contribution is -0.115. The first-order valence-electron chi connectivity index (χ1n) is 9.42. The van der Waals surface area contributed by atoms with Crippen molar-refractivity contribution in [2.75, 3.05) is 11.1 Å². The quantitative estimate of drug-likeness (QED) is 0.421. The van der Waals surface area contributed by atoms with Gasteiger partial charge in [-0.15, -0.1) is 11.3 Å². The zero-order valence-electron chi connectivity index (χ0n) is 15.7. The number of hydrogen-bond acceptors (Lipinski definition) is 4. The van der Waals surface area contributed by atoms with Crippen LogP contribution in [0.15, 0.2) is 66.0 Å². The Morgan fingerprint density at radius 2 is 1.76 bits per heavy atom. The molecule has 1 fully saturated rings. The van der Waals surface area contributed by atoms with Crippen LogP contribution in [0, 0.1) is 0 Å². The molecular weight excluding hydrogens is 382 g/mol. The minimum absolute atomic E-state index is 0.0590. The van der Waals surface area contributed by atoms with E-state index < -0.39 is 0 Å². The minimum Gasteiger partial charge on any atom is -0.397 e. The van der Waals surface area contributed by atoms with Crippen LogP contribution in [0.3, 0.4) is 0 Å². The molecule has 1 aromatic heterocycles. The fraction of sp³-hybridized carbons (Fsp3) is 0.130. The number of nitrogens with one attached hydrogen (secondary N) is 2. The summed E-state index contributed by atoms with van der Waals surface area (Å²) in [4.78, 5) is 26.1. The molecule has 0 spiro atoms. The SMILES string of the molecule is Nc1ccccc1NC(=O)c1ccc(/C=C(\C(=O)NC2CC2)c2cccs2)cc1. The Kier molecular flexibility index (Phi) is 5.44. The van der Waals surface area contributed by atoms with Crippen molar-refractivity contribution < 1.29 is 9.59 Å². The monoisotopic (exact) mass is 403 g/mol. The maximum atomic E-state index is 12.7. The molecule has 0 atom stereocenters. The van der Waals surface area contributed by atoms with Crippen LogP contribution >= 0.6 is 11.3 Å². The molecule has 0 radical (unpaired) electrons. The van der Waals surface area contributed by atoms with Gasteiger partial charge in [-0.25, -0.2) is 0 Å². The molecular formula is C23H21N3O2S. The smallest absolute Gasteiger partial charge is 0.255 e. The molecule has 0 bridgehead atoms. The number of benzene rings is 2. The Hall–Kier alpha value is -3.38. The molecule has 6 heteroatoms. The number of carbonyl (C=O) groups excluding carboxylic acids is 2. The van der Waals surface area contributed by atoms with E-state index in [1.165, 1.54) is 11.3 Å². The first-order valence-corrected chi connectivity index (χ1v) is 10.3. The van der Waals surface area contributed by atoms with Crippen LogP contribution in [-0.4, -0.2) is 17.9 Å². The summed E-state index contributed by atoms with van der Waals surface area (Å²) < 4.78 is 0. The Bertz CT molecular complexity index is 1050. The first kappa shape index (κ1) is 19.0. The van der Waals surface area contributed by atoms with E-state index in [0.717, 1.165) is 23.3 Å². The molecule has 1 saturated carbocycles. The number of amides is 2. The Morgan fingerprint density at radius 3 is 2.41 bits per heavy atom. The molecule has 0 saturated heterocycles. The van der Waals surface area contributed by atoms with Crippen molar-refractivity contribution in [3.8, 4) is 0 Å². The summed E-state index contributed by atoms with van der Waals surface area (Å²) in [6.45, 7) is 0. The summed E-state index contributed by atoms with van der Waals surface area (Å²) in [7, 11) is 0. The molecule has 1 heterocycles. The van der Waals surface area contributed by atoms with Gasteiger partial charge in [-0.3, -0.25) is 9.59 Å². The van der Waals surface area contributed by atoms with E-state index in [-0.39, 0.29) is 11.8 Å². The number of thiophene rings is 1. The van der Waals surface area contributed by atoms with E-state index in [4.69, 9.17) is 5.73 Å². The van der Waals surface area contributed by atoms with Crippen LogP contribution in [0.4, 0.5) is 11.4 Å². The third-order valence-corrected chi connectivity index (χ3v) is 5.54. The first-order chi connectivity index (χ1) is 14.1. The van der Waals surface area contributed by atoms with E-state index in [1.807, 2.05) is 47.9 Å². The number of nitrogens with two attached hydrogens (primary N) is 1. The van der Waals surface area contributed by atoms with Gasteiger partial charge in [0.1, 0.15) is 0 Å². The van der Waals surface area contributed by atoms with Gasteiger partial charge in [-0.1, -0.05) is 30.3 Å². The average molecular weight is 404 g/mol. The Morgan fingerprint density at radius 1 is 1.00 bits per heavy atom. The fourth-order valence-corrected chi connectivity index (χ4v) is 3.61. The van der Waals surface area contributed by atoms with E-state index in [2.05, 4.69) is 10.6 Å². The van der Waals surface area contributed by atoms with E-state index in [0.29, 0.717) is 28.6 Å². The van der Waals surface area contributed by atoms with Crippen LogP contribution in [0.1, 0.15) is 33.6 Å². The van der Waals surface area contributed by atoms with Crippen molar-refractivity contribution in [3.05, 3.63) is 82.0 Å². The molecule has 2 amide bonds. The van der Waals surface area contributed by atoms with E-state index in [9.17, 15) is 9.59 Å². The standard InChI is InChI=1S/C23H21N3O2S/c24-19-4-1-2-5-20(19)26-22(27)16-9-7-15(8-10-16)14-18(21-6-3-13-29-21)23(28)25-17-11-12-17/h1-10,13-14,17H,11-12,24H2,(H,25,28)(H,26,27)/b18-14-. The average Bonchev–Trinajstić information content (AvgIpc) is 3.37. The third kappa shape index (κ3) is 4.73. The van der Waals surface area contributed by atoms with Crippen LogP contribution in [0.2, 0.25) is 0 Å². The molecule has 146 valence electrons. The molecule has 29 heavy (non-hydrogen) atoms. The lowest BCUT2D eigenvalue weighted by Crippen LogP contribution is -2.26. The van der Waals surface area contributed by atoms with Gasteiger partial charge < -0.3 is 16.4 Å². The summed E-state index contributed by atoms with van der Waals surface area (Å²) in [5, 5.41) is 7.82. The van der Waals surface area contributed by atoms with Gasteiger partial charge in [0, 0.05) is 16.5 Å². The van der Waals surface area contributed by atoms with Crippen molar-refractivity contribution in [1.82, 2.24) is 5.32 Å². The highest BCUT2D eigenvalue weighted by molar-refractivity contribution is 7.11. The normalized spacial score (nSPS) is 13.7. The van der Waals surface area contributed by atoms with Gasteiger partial charge in [0.15, 0.2) is 0 Å². The molecule has 1 aliphatic carbocycles. The molecule has 1 aliphatic rings. The lowest BCUT2D eigenvalue weighted by atomic mass is 10.1. The lowest BCUT2D eigenvalue weighted by Gasteiger charge is -2.09. The van der Waals surface area contributed by atoms with Gasteiger partial charge in [0.05, 0.1) is 16.9 Å². The molecule has 4 rings (SSSR count). The van der Waals surface area contributed by atoms with Gasteiger partial charge >= 0.3 is 0 Å². The number of para-hydroxylation sites is 2. The van der Waals surface area contributed by atoms with E-state index in [1.54, 1.807) is 24.3 Å². The number of anilines is 2. The van der Waals surface area contributed by atoms with Gasteiger partial charge in [0.25, 0.3) is 11.8 Å². The highest BCUT2D eigenvalue weighted by atomic mass is 32.1. The second-order valence-corrected chi connectivity index (χ2v) is 7.89. The topological polar surface area (TPSA) is 84.2 Å². The van der Waals surface area contributed by atoms with Crippen LogP contribution in [0.25, 0.3) is 11.6 Å². The predicted molar refractivity (Wildman–Crippen MR) is 119 cm³/mol. The van der Waals surface area contributed by atoms with Crippen molar-refractivity contribution in [3.63, 3.8) is 0 Å². The summed E-state index contributed by atoms with van der Waals surface area (Å²) in [5.41, 5.74) is 8.99. The van der Waals surface area contributed by atoms with Crippen molar-refractivity contribution in [2.45, 2.75) is 18.9 Å². The molecule has 0 unspecified atom stereocenters. The Balaban J connectivity index is 1.53. The molecule has 5 nitrogen and oxygen atoms in total. The fourth-order valence-electron chi connectivity index (χ4n) is 2.87. The predicted octanol–water partition coefficient (Wildman–Crippen LogP) is 4.40. The van der Waals surface area contributed by atoms with Crippen LogP contribution in [-0.2, 0) is 4.79 Å². The van der Waals surface area contributed by atoms with Gasteiger partial charge in [-0.2, -0.15) is 0 Å². The highest BCUT2D eigenvalue weighted by Gasteiger charge is 2.25. The maximum absolute atomic E-state index is 12.7. The van der Waals surface area contributed by atoms with Crippen molar-refractivity contribution in [1.29, 1.82) is 0 Å². The van der Waals surface area contributed by atoms with Crippen LogP contribution in [0.5, 0.6) is 0 Å². The number of nitrogen functional groups attached to an aromatic ring is 1.